The predicted octanol–water partition coefficient (Wildman–Crippen LogP) is 2.37. The van der Waals surface area contributed by atoms with Crippen LogP contribution in [-0.2, 0) is 6.42 Å². The minimum atomic E-state index is -0.209. The molecule has 120 valence electrons. The lowest BCUT2D eigenvalue weighted by molar-refractivity contribution is 0.0629. The summed E-state index contributed by atoms with van der Waals surface area (Å²) in [5.74, 6) is 0.223. The summed E-state index contributed by atoms with van der Waals surface area (Å²) in [6.07, 6.45) is 5.10. The minimum Gasteiger partial charge on any atom is -0.448 e. The first-order valence-corrected chi connectivity index (χ1v) is 7.87. The van der Waals surface area contributed by atoms with Crippen LogP contribution in [0.25, 0.3) is 0 Å². The zero-order valence-corrected chi connectivity index (χ0v) is 13.1. The van der Waals surface area contributed by atoms with E-state index >= 15 is 0 Å². The molecule has 1 aliphatic heterocycles. The molecule has 1 aliphatic rings. The van der Waals surface area contributed by atoms with Crippen LogP contribution >= 0.6 is 0 Å². The zero-order valence-electron chi connectivity index (χ0n) is 13.1. The maximum absolute atomic E-state index is 12.6. The van der Waals surface area contributed by atoms with Gasteiger partial charge in [-0.2, -0.15) is 0 Å². The second-order valence-electron chi connectivity index (χ2n) is 5.65. The summed E-state index contributed by atoms with van der Waals surface area (Å²) in [6.45, 7) is 2.96. The van der Waals surface area contributed by atoms with Crippen LogP contribution in [0, 0.1) is 5.92 Å². The number of piperidine rings is 1. The van der Waals surface area contributed by atoms with E-state index < -0.39 is 0 Å². The molecule has 2 aromatic rings. The highest BCUT2D eigenvalue weighted by atomic mass is 16.3. The summed E-state index contributed by atoms with van der Waals surface area (Å²) in [5, 5.41) is 0. The maximum Gasteiger partial charge on any atom is 0.276 e. The van der Waals surface area contributed by atoms with Gasteiger partial charge in [-0.1, -0.05) is 13.0 Å². The molecule has 6 heteroatoms. The number of ketones is 1. The molecule has 1 amide bonds. The Morgan fingerprint density at radius 3 is 2.96 bits per heavy atom. The number of carbonyl (C=O) groups excluding carboxylic acids is 2. The summed E-state index contributed by atoms with van der Waals surface area (Å²) < 4.78 is 5.23. The average molecular weight is 313 g/mol. The molecule has 3 heterocycles. The summed E-state index contributed by atoms with van der Waals surface area (Å²) in [6, 6.07) is 5.30. The highest BCUT2D eigenvalue weighted by Gasteiger charge is 2.31. The molecule has 1 fully saturated rings. The molecule has 0 aliphatic carbocycles. The standard InChI is InChI=1S/C17H19N3O3/c1-2-14-15(19-11-23-14)17(22)20-9-5-6-12(10-20)16(21)13-7-3-4-8-18-13/h3-4,7-8,11-12H,2,5-6,9-10H2,1H3/t12-/m1/s1. The summed E-state index contributed by atoms with van der Waals surface area (Å²) in [4.78, 5) is 35.0. The van der Waals surface area contributed by atoms with Crippen molar-refractivity contribution >= 4 is 11.7 Å². The van der Waals surface area contributed by atoms with Gasteiger partial charge in [0, 0.05) is 31.6 Å². The first-order valence-electron chi connectivity index (χ1n) is 7.87. The molecule has 6 nitrogen and oxygen atoms in total. The lowest BCUT2D eigenvalue weighted by atomic mass is 9.91. The van der Waals surface area contributed by atoms with E-state index in [2.05, 4.69) is 9.97 Å². The quantitative estimate of drug-likeness (QED) is 0.810. The highest BCUT2D eigenvalue weighted by Crippen LogP contribution is 2.22. The van der Waals surface area contributed by atoms with Crippen molar-refractivity contribution in [2.75, 3.05) is 13.1 Å². The minimum absolute atomic E-state index is 0.000956. The number of likely N-dealkylation sites (tertiary alicyclic amines) is 1. The number of rotatable bonds is 4. The van der Waals surface area contributed by atoms with E-state index in [1.165, 1.54) is 6.39 Å². The Kier molecular flexibility index (Phi) is 4.50. The summed E-state index contributed by atoms with van der Waals surface area (Å²) in [7, 11) is 0. The maximum atomic E-state index is 12.6. The van der Waals surface area contributed by atoms with Gasteiger partial charge in [-0.3, -0.25) is 14.6 Å². The smallest absolute Gasteiger partial charge is 0.276 e. The van der Waals surface area contributed by atoms with E-state index in [-0.39, 0.29) is 17.6 Å². The summed E-state index contributed by atoms with van der Waals surface area (Å²) >= 11 is 0. The second kappa shape index (κ2) is 6.73. The zero-order chi connectivity index (χ0) is 16.2. The molecule has 0 bridgehead atoms. The Hall–Kier alpha value is -2.50. The van der Waals surface area contributed by atoms with Gasteiger partial charge in [0.15, 0.2) is 17.9 Å². The predicted molar refractivity (Wildman–Crippen MR) is 83.1 cm³/mol. The number of oxazole rings is 1. The van der Waals surface area contributed by atoms with Crippen molar-refractivity contribution in [1.82, 2.24) is 14.9 Å². The third-order valence-electron chi connectivity index (χ3n) is 4.16. The van der Waals surface area contributed by atoms with Crippen LogP contribution in [-0.4, -0.2) is 39.6 Å². The van der Waals surface area contributed by atoms with E-state index in [0.29, 0.717) is 36.7 Å². The van der Waals surface area contributed by atoms with Gasteiger partial charge in [-0.05, 0) is 25.0 Å². The highest BCUT2D eigenvalue weighted by molar-refractivity contribution is 5.97. The van der Waals surface area contributed by atoms with Crippen molar-refractivity contribution in [2.24, 2.45) is 5.92 Å². The Bertz CT molecular complexity index is 696. The second-order valence-corrected chi connectivity index (χ2v) is 5.65. The number of hydrogen-bond acceptors (Lipinski definition) is 5. The Balaban J connectivity index is 1.73. The van der Waals surface area contributed by atoms with Crippen LogP contribution in [0.2, 0.25) is 0 Å². The van der Waals surface area contributed by atoms with Crippen molar-refractivity contribution in [3.63, 3.8) is 0 Å². The van der Waals surface area contributed by atoms with Gasteiger partial charge in [-0.25, -0.2) is 4.98 Å². The molecule has 0 spiro atoms. The third kappa shape index (κ3) is 3.16. The van der Waals surface area contributed by atoms with E-state index in [1.807, 2.05) is 6.92 Å². The molecule has 0 radical (unpaired) electrons. The summed E-state index contributed by atoms with van der Waals surface area (Å²) in [5.41, 5.74) is 0.820. The Morgan fingerprint density at radius 2 is 2.22 bits per heavy atom. The third-order valence-corrected chi connectivity index (χ3v) is 4.16. The van der Waals surface area contributed by atoms with Crippen molar-refractivity contribution in [3.05, 3.63) is 47.9 Å². The first kappa shape index (κ1) is 15.4. The Labute approximate surface area is 134 Å². The van der Waals surface area contributed by atoms with Crippen LogP contribution in [0.4, 0.5) is 0 Å². The number of aromatic nitrogens is 2. The number of amides is 1. The van der Waals surface area contributed by atoms with E-state index in [0.717, 1.165) is 12.8 Å². The fourth-order valence-electron chi connectivity index (χ4n) is 2.94. The van der Waals surface area contributed by atoms with Crippen molar-refractivity contribution in [3.8, 4) is 0 Å². The molecule has 2 aromatic heterocycles. The monoisotopic (exact) mass is 313 g/mol. The number of aryl methyl sites for hydroxylation is 1. The molecule has 0 saturated carbocycles. The number of hydrogen-bond donors (Lipinski definition) is 0. The van der Waals surface area contributed by atoms with Crippen LogP contribution < -0.4 is 0 Å². The van der Waals surface area contributed by atoms with Crippen molar-refractivity contribution < 1.29 is 14.0 Å². The first-order chi connectivity index (χ1) is 11.2. The van der Waals surface area contributed by atoms with E-state index in [1.54, 1.807) is 29.3 Å². The molecule has 23 heavy (non-hydrogen) atoms. The van der Waals surface area contributed by atoms with Crippen molar-refractivity contribution in [1.29, 1.82) is 0 Å². The van der Waals surface area contributed by atoms with Crippen LogP contribution in [0.1, 0.15) is 46.5 Å². The number of Topliss-reactive ketones (excluding diaryl/α,β-unsaturated/α-hetero) is 1. The van der Waals surface area contributed by atoms with Crippen LogP contribution in [0.15, 0.2) is 35.2 Å². The van der Waals surface area contributed by atoms with Crippen LogP contribution in [0.3, 0.4) is 0 Å². The molecule has 0 unspecified atom stereocenters. The lowest BCUT2D eigenvalue weighted by Crippen LogP contribution is -2.42. The Morgan fingerprint density at radius 1 is 1.35 bits per heavy atom. The molecule has 0 aromatic carbocycles. The van der Waals surface area contributed by atoms with Gasteiger partial charge in [0.05, 0.1) is 0 Å². The molecular formula is C17H19N3O3. The van der Waals surface area contributed by atoms with Gasteiger partial charge in [0.1, 0.15) is 11.5 Å². The number of carbonyl (C=O) groups is 2. The van der Waals surface area contributed by atoms with Gasteiger partial charge >= 0.3 is 0 Å². The van der Waals surface area contributed by atoms with Gasteiger partial charge in [-0.15, -0.1) is 0 Å². The molecule has 1 saturated heterocycles. The van der Waals surface area contributed by atoms with Gasteiger partial charge in [0.2, 0.25) is 0 Å². The normalized spacial score (nSPS) is 18.0. The molecular weight excluding hydrogens is 294 g/mol. The van der Waals surface area contributed by atoms with Crippen LogP contribution in [0.5, 0.6) is 0 Å². The topological polar surface area (TPSA) is 76.3 Å². The lowest BCUT2D eigenvalue weighted by Gasteiger charge is -2.31. The molecule has 3 rings (SSSR count). The van der Waals surface area contributed by atoms with Gasteiger partial charge in [0.25, 0.3) is 5.91 Å². The van der Waals surface area contributed by atoms with Crippen molar-refractivity contribution in [2.45, 2.75) is 26.2 Å². The SMILES string of the molecule is CCc1ocnc1C(=O)N1CCC[C@@H](C(=O)c2ccccn2)C1. The largest absolute Gasteiger partial charge is 0.448 e. The van der Waals surface area contributed by atoms with Gasteiger partial charge < -0.3 is 9.32 Å². The van der Waals surface area contributed by atoms with E-state index in [4.69, 9.17) is 4.42 Å². The van der Waals surface area contributed by atoms with E-state index in [9.17, 15) is 9.59 Å². The molecule has 0 N–H and O–H groups in total. The molecule has 1 atom stereocenters. The number of nitrogens with zero attached hydrogens (tertiary/aromatic N) is 3. The number of pyridine rings is 1. The fourth-order valence-corrected chi connectivity index (χ4v) is 2.94. The average Bonchev–Trinajstić information content (AvgIpc) is 3.10. The fraction of sp³-hybridized carbons (Fsp3) is 0.412.